The first-order valence-electron chi connectivity index (χ1n) is 14.6. The second-order valence-electron chi connectivity index (χ2n) is 11.5. The zero-order valence-electron chi connectivity index (χ0n) is 24.2. The Labute approximate surface area is 255 Å². The van der Waals surface area contributed by atoms with Crippen molar-refractivity contribution >= 4 is 31.8 Å². The Bertz CT molecular complexity index is 2100. The zero-order valence-corrected chi connectivity index (χ0v) is 25.1. The highest BCUT2D eigenvalue weighted by atomic mass is 32.2. The van der Waals surface area contributed by atoms with E-state index in [-0.39, 0.29) is 6.54 Å². The SMILES string of the molecule is CS(=O)(=O)NCc1cc(F)cc(-c2cncc3[nH]c(-c4n[nH]c5ccc(-c6cc#cc(CN7CCCCC7)c6)cc45)cc23)c1. The summed E-state index contributed by atoms with van der Waals surface area (Å²) in [5.74, 6) is -0.457. The predicted octanol–water partition coefficient (Wildman–Crippen LogP) is 6.21. The van der Waals surface area contributed by atoms with Gasteiger partial charge in [-0.1, -0.05) is 24.6 Å². The number of nitrogens with zero attached hydrogens (tertiary/aromatic N) is 3. The fourth-order valence-electron chi connectivity index (χ4n) is 6.01. The van der Waals surface area contributed by atoms with Crippen molar-refractivity contribution < 1.29 is 12.8 Å². The van der Waals surface area contributed by atoms with Gasteiger partial charge in [-0.15, -0.1) is 0 Å². The van der Waals surface area contributed by atoms with Crippen LogP contribution < -0.4 is 4.72 Å². The summed E-state index contributed by atoms with van der Waals surface area (Å²) in [6, 6.07) is 23.5. The van der Waals surface area contributed by atoms with E-state index >= 15 is 0 Å². The minimum atomic E-state index is -3.42. The van der Waals surface area contributed by atoms with E-state index in [1.807, 2.05) is 18.2 Å². The van der Waals surface area contributed by atoms with Crippen LogP contribution >= 0.6 is 0 Å². The van der Waals surface area contributed by atoms with Gasteiger partial charge < -0.3 is 4.98 Å². The molecular weight excluding hydrogens is 575 g/mol. The van der Waals surface area contributed by atoms with E-state index in [0.717, 1.165) is 81.3 Å². The number of rotatable bonds is 8. The number of nitrogens with one attached hydrogen (secondary N) is 3. The molecule has 1 fully saturated rings. The van der Waals surface area contributed by atoms with Crippen LogP contribution in [0.4, 0.5) is 4.39 Å². The molecule has 0 unspecified atom stereocenters. The second-order valence-corrected chi connectivity index (χ2v) is 13.3. The molecule has 0 aliphatic carbocycles. The number of aromatic nitrogens is 4. The van der Waals surface area contributed by atoms with Gasteiger partial charge in [0.25, 0.3) is 0 Å². The normalized spacial score (nSPS) is 14.3. The third-order valence-corrected chi connectivity index (χ3v) is 8.81. The Morgan fingerprint density at radius 3 is 2.66 bits per heavy atom. The summed E-state index contributed by atoms with van der Waals surface area (Å²) in [5, 5.41) is 9.62. The monoisotopic (exact) mass is 606 g/mol. The fourth-order valence-corrected chi connectivity index (χ4v) is 6.44. The van der Waals surface area contributed by atoms with Crippen molar-refractivity contribution in [2.45, 2.75) is 32.4 Å². The highest BCUT2D eigenvalue weighted by Crippen LogP contribution is 2.35. The molecule has 0 atom stereocenters. The van der Waals surface area contributed by atoms with Gasteiger partial charge in [0.2, 0.25) is 10.0 Å². The third-order valence-electron chi connectivity index (χ3n) is 8.14. The summed E-state index contributed by atoms with van der Waals surface area (Å²) in [6.45, 7) is 3.13. The van der Waals surface area contributed by atoms with Crippen LogP contribution in [0.25, 0.3) is 55.4 Å². The summed E-state index contributed by atoms with van der Waals surface area (Å²) >= 11 is 0. The number of likely N-dealkylation sites (tertiary alicyclic amines) is 1. The Kier molecular flexibility index (Phi) is 7.38. The molecule has 10 heteroatoms. The Morgan fingerprint density at radius 2 is 1.82 bits per heavy atom. The van der Waals surface area contributed by atoms with Crippen LogP contribution in [-0.4, -0.2) is 52.8 Å². The molecule has 0 spiro atoms. The second kappa shape index (κ2) is 11.5. The molecule has 222 valence electrons. The number of hydrogen-bond acceptors (Lipinski definition) is 5. The van der Waals surface area contributed by atoms with Gasteiger partial charge in [-0.05, 0) is 96.7 Å². The molecule has 3 aromatic heterocycles. The van der Waals surface area contributed by atoms with Crippen molar-refractivity contribution in [3.8, 4) is 33.6 Å². The van der Waals surface area contributed by atoms with Crippen molar-refractivity contribution in [1.82, 2.24) is 29.8 Å². The van der Waals surface area contributed by atoms with Crippen LogP contribution in [0, 0.1) is 17.9 Å². The van der Waals surface area contributed by atoms with Crippen LogP contribution in [0.5, 0.6) is 0 Å². The highest BCUT2D eigenvalue weighted by molar-refractivity contribution is 7.88. The zero-order chi connectivity index (χ0) is 30.3. The van der Waals surface area contributed by atoms with Gasteiger partial charge in [0.15, 0.2) is 0 Å². The average Bonchev–Trinajstić information content (AvgIpc) is 3.64. The maximum atomic E-state index is 14.6. The lowest BCUT2D eigenvalue weighted by Crippen LogP contribution is -2.28. The number of sulfonamides is 1. The van der Waals surface area contributed by atoms with Gasteiger partial charge in [-0.2, -0.15) is 5.10 Å². The fraction of sp³-hybridized carbons (Fsp3) is 0.235. The lowest BCUT2D eigenvalue weighted by Gasteiger charge is -2.25. The standard InChI is InChI=1S/C34H31FN6O2S/c1-44(42,43)37-18-23-13-26(15-27(35)14-23)30-19-36-20-33-28(30)17-32(38-33)34-29-16-25(8-9-31(29)39-40-34)24-7-5-6-22(12-24)21-41-10-3-2-4-11-41/h7-9,12-17,19-20,37-38H,2-4,10-11,18,21H2,1H3,(H,39,40). The highest BCUT2D eigenvalue weighted by Gasteiger charge is 2.16. The number of pyridine rings is 1. The summed E-state index contributed by atoms with van der Waals surface area (Å²) in [7, 11) is -3.42. The van der Waals surface area contributed by atoms with Crippen LogP contribution in [0.3, 0.4) is 0 Å². The van der Waals surface area contributed by atoms with Crippen LogP contribution in [0.1, 0.15) is 30.4 Å². The molecule has 6 aromatic rings. The van der Waals surface area contributed by atoms with E-state index < -0.39 is 15.8 Å². The molecule has 7 rings (SSSR count). The van der Waals surface area contributed by atoms with Crippen molar-refractivity contribution in [3.05, 3.63) is 96.1 Å². The molecule has 0 amide bonds. The van der Waals surface area contributed by atoms with Gasteiger partial charge in [0.05, 0.1) is 29.2 Å². The lowest BCUT2D eigenvalue weighted by atomic mass is 10.0. The van der Waals surface area contributed by atoms with E-state index in [2.05, 4.69) is 60.1 Å². The van der Waals surface area contributed by atoms with E-state index in [1.54, 1.807) is 18.5 Å². The molecule has 44 heavy (non-hydrogen) atoms. The molecule has 0 radical (unpaired) electrons. The quantitative estimate of drug-likeness (QED) is 0.191. The minimum Gasteiger partial charge on any atom is -0.352 e. The van der Waals surface area contributed by atoms with Crippen molar-refractivity contribution in [2.24, 2.45) is 0 Å². The summed E-state index contributed by atoms with van der Waals surface area (Å²) < 4.78 is 40.2. The Morgan fingerprint density at radius 1 is 0.955 bits per heavy atom. The number of hydrogen-bond donors (Lipinski definition) is 3. The smallest absolute Gasteiger partial charge is 0.209 e. The van der Waals surface area contributed by atoms with Crippen molar-refractivity contribution in [3.63, 3.8) is 0 Å². The number of aromatic amines is 2. The molecule has 8 nitrogen and oxygen atoms in total. The number of fused-ring (bicyclic) bond motifs is 2. The Hall–Kier alpha value is -4.56. The average molecular weight is 607 g/mol. The van der Waals surface area contributed by atoms with Crippen molar-refractivity contribution in [2.75, 3.05) is 19.3 Å². The first kappa shape index (κ1) is 28.2. The molecule has 0 saturated carbocycles. The maximum absolute atomic E-state index is 14.6. The van der Waals surface area contributed by atoms with E-state index in [4.69, 9.17) is 0 Å². The van der Waals surface area contributed by atoms with Crippen molar-refractivity contribution in [1.29, 1.82) is 0 Å². The van der Waals surface area contributed by atoms with Crippen LogP contribution in [0.15, 0.2) is 67.0 Å². The third kappa shape index (κ3) is 5.95. The topological polar surface area (TPSA) is 107 Å². The number of H-pyrrole nitrogens is 2. The molecule has 3 aromatic carbocycles. The molecule has 1 saturated heterocycles. The Balaban J connectivity index is 1.23. The molecule has 0 bridgehead atoms. The number of benzene rings is 2. The summed E-state index contributed by atoms with van der Waals surface area (Å²) in [6.07, 6.45) is 8.30. The van der Waals surface area contributed by atoms with E-state index in [1.165, 1.54) is 31.4 Å². The summed E-state index contributed by atoms with van der Waals surface area (Å²) in [5.41, 5.74) is 8.38. The molecule has 4 heterocycles. The van der Waals surface area contributed by atoms with E-state index in [9.17, 15) is 12.8 Å². The van der Waals surface area contributed by atoms with Gasteiger partial charge in [0, 0.05) is 41.2 Å². The molecule has 1 aliphatic heterocycles. The number of piperidine rings is 1. The summed E-state index contributed by atoms with van der Waals surface area (Å²) in [4.78, 5) is 10.3. The largest absolute Gasteiger partial charge is 0.352 e. The maximum Gasteiger partial charge on any atom is 0.209 e. The van der Waals surface area contributed by atoms with Crippen LogP contribution in [0.2, 0.25) is 0 Å². The molecular formula is C34H31FN6O2S. The predicted molar refractivity (Wildman–Crippen MR) is 170 cm³/mol. The van der Waals surface area contributed by atoms with Gasteiger partial charge in [0.1, 0.15) is 11.5 Å². The number of halogens is 1. The van der Waals surface area contributed by atoms with E-state index in [0.29, 0.717) is 11.1 Å². The minimum absolute atomic E-state index is 0.00999. The first-order valence-corrected chi connectivity index (χ1v) is 16.5. The molecule has 1 aliphatic rings. The lowest BCUT2D eigenvalue weighted by molar-refractivity contribution is 0.221. The first-order chi connectivity index (χ1) is 21.3. The van der Waals surface area contributed by atoms with Gasteiger partial charge in [-0.3, -0.25) is 15.0 Å². The molecule has 3 N–H and O–H groups in total. The van der Waals surface area contributed by atoms with Gasteiger partial charge >= 0.3 is 0 Å². The van der Waals surface area contributed by atoms with Gasteiger partial charge in [-0.25, -0.2) is 17.5 Å². The van der Waals surface area contributed by atoms with Crippen LogP contribution in [-0.2, 0) is 23.1 Å².